The molecule has 14 heavy (non-hydrogen) atoms. The summed E-state index contributed by atoms with van der Waals surface area (Å²) in [5, 5.41) is 0. The van der Waals surface area contributed by atoms with E-state index in [1.807, 2.05) is 0 Å². The Hall–Kier alpha value is -1.46. The molecule has 1 fully saturated rings. The lowest BCUT2D eigenvalue weighted by Crippen LogP contribution is -2.07. The van der Waals surface area contributed by atoms with Gasteiger partial charge in [-0.1, -0.05) is 0 Å². The van der Waals surface area contributed by atoms with Gasteiger partial charge in [0.05, 0.1) is 24.9 Å². The smallest absolute Gasteiger partial charge is 0.255 e. The number of halogens is 2. The summed E-state index contributed by atoms with van der Waals surface area (Å²) in [5.41, 5.74) is 5.29. The molecule has 2 rings (SSSR count). The molecule has 1 saturated carbocycles. The summed E-state index contributed by atoms with van der Waals surface area (Å²) >= 11 is 0. The monoisotopic (exact) mass is 201 g/mol. The summed E-state index contributed by atoms with van der Waals surface area (Å²) in [6.45, 7) is -0.0222. The third kappa shape index (κ3) is 1.89. The Morgan fingerprint density at radius 1 is 1.50 bits per heavy atom. The molecule has 1 aromatic heterocycles. The summed E-state index contributed by atoms with van der Waals surface area (Å²) in [5.74, 6) is -2.74. The molecule has 0 saturated heterocycles. The lowest BCUT2D eigenvalue weighted by Gasteiger charge is -2.03. The van der Waals surface area contributed by atoms with Crippen LogP contribution in [0.2, 0.25) is 0 Å². The predicted octanol–water partition coefficient (Wildman–Crippen LogP) is 1.09. The number of nitrogens with two attached hydrogens (primary N) is 1. The Bertz CT molecular complexity index is 328. The molecule has 2 N–H and O–H groups in total. The number of nitrogens with zero attached hydrogens (tertiary/aromatic N) is 2. The van der Waals surface area contributed by atoms with Crippen LogP contribution in [0.15, 0.2) is 12.4 Å². The van der Waals surface area contributed by atoms with Crippen molar-refractivity contribution in [3.05, 3.63) is 12.4 Å². The highest BCUT2D eigenvalue weighted by molar-refractivity contribution is 5.24. The van der Waals surface area contributed by atoms with Gasteiger partial charge in [0.15, 0.2) is 0 Å². The van der Waals surface area contributed by atoms with Crippen LogP contribution in [-0.4, -0.2) is 22.5 Å². The molecule has 0 aliphatic heterocycles. The number of rotatable bonds is 3. The van der Waals surface area contributed by atoms with Crippen LogP contribution >= 0.6 is 0 Å². The van der Waals surface area contributed by atoms with Crippen molar-refractivity contribution in [2.75, 3.05) is 12.3 Å². The molecule has 0 bridgehead atoms. The van der Waals surface area contributed by atoms with Crippen molar-refractivity contribution < 1.29 is 13.5 Å². The second-order valence-electron chi connectivity index (χ2n) is 3.25. The maximum absolute atomic E-state index is 12.4. The number of anilines is 1. The molecule has 0 radical (unpaired) electrons. The Kier molecular flexibility index (Phi) is 1.98. The summed E-state index contributed by atoms with van der Waals surface area (Å²) in [6.07, 6.45) is 2.53. The van der Waals surface area contributed by atoms with Crippen LogP contribution in [0.1, 0.15) is 6.42 Å². The van der Waals surface area contributed by atoms with E-state index in [-0.39, 0.29) is 24.7 Å². The molecule has 0 amide bonds. The van der Waals surface area contributed by atoms with E-state index in [1.54, 1.807) is 0 Å². The van der Waals surface area contributed by atoms with E-state index >= 15 is 0 Å². The second kappa shape index (κ2) is 3.04. The predicted molar refractivity (Wildman–Crippen MR) is 45.0 cm³/mol. The van der Waals surface area contributed by atoms with E-state index in [1.165, 1.54) is 12.4 Å². The normalized spacial score (nSPS) is 23.1. The molecule has 6 heteroatoms. The van der Waals surface area contributed by atoms with Crippen LogP contribution in [0, 0.1) is 5.92 Å². The number of hydrogen-bond acceptors (Lipinski definition) is 4. The van der Waals surface area contributed by atoms with E-state index in [2.05, 4.69) is 9.97 Å². The van der Waals surface area contributed by atoms with Crippen LogP contribution in [0.25, 0.3) is 0 Å². The van der Waals surface area contributed by atoms with Gasteiger partial charge >= 0.3 is 0 Å². The molecule has 1 heterocycles. The largest absolute Gasteiger partial charge is 0.476 e. The van der Waals surface area contributed by atoms with Gasteiger partial charge in [-0.3, -0.25) is 0 Å². The lowest BCUT2D eigenvalue weighted by molar-refractivity contribution is 0.0849. The molecule has 1 atom stereocenters. The van der Waals surface area contributed by atoms with Crippen molar-refractivity contribution in [3.8, 4) is 5.88 Å². The van der Waals surface area contributed by atoms with E-state index < -0.39 is 11.8 Å². The van der Waals surface area contributed by atoms with Gasteiger partial charge in [0.1, 0.15) is 5.82 Å². The van der Waals surface area contributed by atoms with Gasteiger partial charge in [-0.15, -0.1) is 0 Å². The van der Waals surface area contributed by atoms with Crippen molar-refractivity contribution in [2.24, 2.45) is 5.92 Å². The van der Waals surface area contributed by atoms with Crippen molar-refractivity contribution in [3.63, 3.8) is 0 Å². The Labute approximate surface area is 79.1 Å². The van der Waals surface area contributed by atoms with E-state index in [0.717, 1.165) is 0 Å². The Morgan fingerprint density at radius 2 is 2.21 bits per heavy atom. The average molecular weight is 201 g/mol. The summed E-state index contributed by atoms with van der Waals surface area (Å²) in [6, 6.07) is 0. The van der Waals surface area contributed by atoms with Crippen molar-refractivity contribution in [1.29, 1.82) is 0 Å². The highest BCUT2D eigenvalue weighted by Gasteiger charge is 2.57. The Balaban J connectivity index is 1.84. The first-order valence-electron chi connectivity index (χ1n) is 4.16. The highest BCUT2D eigenvalue weighted by Crippen LogP contribution is 2.48. The summed E-state index contributed by atoms with van der Waals surface area (Å²) in [4.78, 5) is 7.49. The minimum absolute atomic E-state index is 0.0222. The minimum atomic E-state index is -2.55. The first-order chi connectivity index (χ1) is 6.58. The molecule has 0 aromatic carbocycles. The number of ether oxygens (including phenoxy) is 1. The molecule has 76 valence electrons. The maximum Gasteiger partial charge on any atom is 0.255 e. The maximum atomic E-state index is 12.4. The average Bonchev–Trinajstić information content (AvgIpc) is 2.73. The van der Waals surface area contributed by atoms with Gasteiger partial charge in [0.2, 0.25) is 5.88 Å². The molecule has 0 spiro atoms. The first kappa shape index (κ1) is 9.11. The number of nitrogen functional groups attached to an aromatic ring is 1. The molecular weight excluding hydrogens is 192 g/mol. The van der Waals surface area contributed by atoms with E-state index in [9.17, 15) is 8.78 Å². The summed E-state index contributed by atoms with van der Waals surface area (Å²) < 4.78 is 29.9. The number of alkyl halides is 2. The standard InChI is InChI=1S/C8H9F2N3O/c9-8(10)1-5(8)4-14-7-3-12-6(11)2-13-7/h2-3,5H,1,4H2,(H2,11,12)/t5-/m0/s1. The zero-order valence-corrected chi connectivity index (χ0v) is 7.28. The van der Waals surface area contributed by atoms with Crippen molar-refractivity contribution >= 4 is 5.82 Å². The third-order valence-corrected chi connectivity index (χ3v) is 2.04. The van der Waals surface area contributed by atoms with Crippen LogP contribution in [-0.2, 0) is 0 Å². The molecule has 4 nitrogen and oxygen atoms in total. The quantitative estimate of drug-likeness (QED) is 0.795. The zero-order valence-electron chi connectivity index (χ0n) is 7.28. The molecule has 1 aliphatic carbocycles. The van der Waals surface area contributed by atoms with Gasteiger partial charge in [-0.25, -0.2) is 18.7 Å². The van der Waals surface area contributed by atoms with E-state index in [0.29, 0.717) is 0 Å². The minimum Gasteiger partial charge on any atom is -0.476 e. The van der Waals surface area contributed by atoms with Gasteiger partial charge < -0.3 is 10.5 Å². The van der Waals surface area contributed by atoms with Gasteiger partial charge in [-0.05, 0) is 0 Å². The Morgan fingerprint density at radius 3 is 2.71 bits per heavy atom. The summed E-state index contributed by atoms with van der Waals surface area (Å²) in [7, 11) is 0. The second-order valence-corrected chi connectivity index (χ2v) is 3.25. The topological polar surface area (TPSA) is 61.0 Å². The van der Waals surface area contributed by atoms with E-state index in [4.69, 9.17) is 10.5 Å². The van der Waals surface area contributed by atoms with Crippen LogP contribution in [0.4, 0.5) is 14.6 Å². The fraction of sp³-hybridized carbons (Fsp3) is 0.500. The fourth-order valence-electron chi connectivity index (χ4n) is 1.04. The molecule has 0 unspecified atom stereocenters. The number of hydrogen-bond donors (Lipinski definition) is 1. The van der Waals surface area contributed by atoms with Crippen LogP contribution in [0.3, 0.4) is 0 Å². The first-order valence-corrected chi connectivity index (χ1v) is 4.16. The van der Waals surface area contributed by atoms with Crippen LogP contribution in [0.5, 0.6) is 5.88 Å². The highest BCUT2D eigenvalue weighted by atomic mass is 19.3. The van der Waals surface area contributed by atoms with Gasteiger partial charge in [0, 0.05) is 6.42 Å². The zero-order chi connectivity index (χ0) is 10.2. The number of aromatic nitrogens is 2. The SMILES string of the molecule is Nc1cnc(OC[C@@H]2CC2(F)F)cn1. The molecule has 1 aliphatic rings. The molecule has 1 aromatic rings. The molecular formula is C8H9F2N3O. The van der Waals surface area contributed by atoms with Gasteiger partial charge in [0.25, 0.3) is 5.92 Å². The fourth-order valence-corrected chi connectivity index (χ4v) is 1.04. The van der Waals surface area contributed by atoms with Crippen LogP contribution < -0.4 is 10.5 Å². The van der Waals surface area contributed by atoms with Crippen molar-refractivity contribution in [1.82, 2.24) is 9.97 Å². The lowest BCUT2D eigenvalue weighted by atomic mass is 10.4. The van der Waals surface area contributed by atoms with Crippen molar-refractivity contribution in [2.45, 2.75) is 12.3 Å². The third-order valence-electron chi connectivity index (χ3n) is 2.04. The van der Waals surface area contributed by atoms with Gasteiger partial charge in [-0.2, -0.15) is 0 Å².